The molecule has 3 nitrogen and oxygen atoms in total. The number of hydrogen-bond acceptors (Lipinski definition) is 3. The van der Waals surface area contributed by atoms with Gasteiger partial charge < -0.3 is 9.47 Å². The molecular weight excluding hydrogens is 448 g/mol. The van der Waals surface area contributed by atoms with Crippen molar-refractivity contribution in [3.8, 4) is 11.5 Å². The molecule has 0 unspecified atom stereocenters. The molecule has 0 saturated carbocycles. The standard InChI is InChI=1S/C20H16Br2O3/c1-12-7-13(2)9-16(8-12)25-19(23)11-24-18-6-3-14-10-15(21)4-5-17(14)20(18)22/h3-10H,11H2,1-2H3. The Kier molecular flexibility index (Phi) is 5.45. The van der Waals surface area contributed by atoms with E-state index in [2.05, 4.69) is 31.9 Å². The number of carbonyl (C=O) groups is 1. The van der Waals surface area contributed by atoms with Crippen LogP contribution in [-0.4, -0.2) is 12.6 Å². The largest absolute Gasteiger partial charge is 0.481 e. The van der Waals surface area contributed by atoms with Crippen molar-refractivity contribution >= 4 is 48.6 Å². The Morgan fingerprint density at radius 3 is 2.40 bits per heavy atom. The highest BCUT2D eigenvalue weighted by molar-refractivity contribution is 9.11. The Morgan fingerprint density at radius 2 is 1.68 bits per heavy atom. The number of ether oxygens (including phenoxy) is 2. The van der Waals surface area contributed by atoms with Crippen molar-refractivity contribution in [3.05, 3.63) is 68.6 Å². The summed E-state index contributed by atoms with van der Waals surface area (Å²) in [6, 6.07) is 15.5. The minimum atomic E-state index is -0.437. The van der Waals surface area contributed by atoms with Gasteiger partial charge in [0.25, 0.3) is 0 Å². The van der Waals surface area contributed by atoms with Crippen LogP contribution in [0.15, 0.2) is 57.5 Å². The number of fused-ring (bicyclic) bond motifs is 1. The number of benzene rings is 3. The SMILES string of the molecule is Cc1cc(C)cc(OC(=O)COc2ccc3cc(Br)ccc3c2Br)c1. The molecule has 0 N–H and O–H groups in total. The summed E-state index contributed by atoms with van der Waals surface area (Å²) in [6.07, 6.45) is 0. The molecule has 0 spiro atoms. The van der Waals surface area contributed by atoms with Gasteiger partial charge in [0.2, 0.25) is 0 Å². The van der Waals surface area contributed by atoms with Gasteiger partial charge in [0.1, 0.15) is 11.5 Å². The average Bonchev–Trinajstić information content (AvgIpc) is 2.53. The molecule has 0 bridgehead atoms. The number of rotatable bonds is 4. The fourth-order valence-electron chi connectivity index (χ4n) is 2.64. The number of halogens is 2. The zero-order chi connectivity index (χ0) is 18.0. The van der Waals surface area contributed by atoms with Gasteiger partial charge in [-0.15, -0.1) is 0 Å². The summed E-state index contributed by atoms with van der Waals surface area (Å²) in [5.74, 6) is 0.702. The molecule has 3 rings (SSSR count). The van der Waals surface area contributed by atoms with Crippen molar-refractivity contribution in [2.24, 2.45) is 0 Å². The van der Waals surface area contributed by atoms with Gasteiger partial charge in [-0.05, 0) is 82.0 Å². The molecule has 128 valence electrons. The Bertz CT molecular complexity index is 931. The van der Waals surface area contributed by atoms with Crippen molar-refractivity contribution < 1.29 is 14.3 Å². The van der Waals surface area contributed by atoms with Crippen LogP contribution in [0.1, 0.15) is 11.1 Å². The number of hydrogen-bond donors (Lipinski definition) is 0. The summed E-state index contributed by atoms with van der Waals surface area (Å²) in [4.78, 5) is 12.1. The molecular formula is C20H16Br2O3. The second-order valence-corrected chi connectivity index (χ2v) is 7.54. The van der Waals surface area contributed by atoms with Crippen molar-refractivity contribution in [2.45, 2.75) is 13.8 Å². The van der Waals surface area contributed by atoms with Gasteiger partial charge in [-0.2, -0.15) is 0 Å². The molecule has 0 aliphatic rings. The molecule has 5 heteroatoms. The molecule has 0 radical (unpaired) electrons. The fraction of sp³-hybridized carbons (Fsp3) is 0.150. The van der Waals surface area contributed by atoms with Crippen molar-refractivity contribution in [1.29, 1.82) is 0 Å². The first-order chi connectivity index (χ1) is 11.9. The van der Waals surface area contributed by atoms with Gasteiger partial charge in [0.05, 0.1) is 4.47 Å². The topological polar surface area (TPSA) is 35.5 Å². The van der Waals surface area contributed by atoms with E-state index in [-0.39, 0.29) is 6.61 Å². The highest BCUT2D eigenvalue weighted by Crippen LogP contribution is 2.34. The van der Waals surface area contributed by atoms with E-state index < -0.39 is 5.97 Å². The van der Waals surface area contributed by atoms with Crippen LogP contribution >= 0.6 is 31.9 Å². The smallest absolute Gasteiger partial charge is 0.349 e. The second-order valence-electron chi connectivity index (χ2n) is 5.83. The lowest BCUT2D eigenvalue weighted by Gasteiger charge is -2.11. The maximum atomic E-state index is 12.1. The van der Waals surface area contributed by atoms with E-state index >= 15 is 0 Å². The Morgan fingerprint density at radius 1 is 0.960 bits per heavy atom. The summed E-state index contributed by atoms with van der Waals surface area (Å²) in [5, 5.41) is 2.09. The van der Waals surface area contributed by atoms with E-state index in [4.69, 9.17) is 9.47 Å². The Balaban J connectivity index is 1.70. The Hall–Kier alpha value is -1.85. The zero-order valence-corrected chi connectivity index (χ0v) is 17.0. The first-order valence-corrected chi connectivity index (χ1v) is 9.30. The molecule has 0 amide bonds. The van der Waals surface area contributed by atoms with Crippen LogP contribution in [0, 0.1) is 13.8 Å². The van der Waals surface area contributed by atoms with E-state index in [1.807, 2.05) is 62.4 Å². The molecule has 0 aromatic heterocycles. The van der Waals surface area contributed by atoms with Crippen LogP contribution in [0.5, 0.6) is 11.5 Å². The molecule has 0 atom stereocenters. The van der Waals surface area contributed by atoms with Gasteiger partial charge in [0, 0.05) is 4.47 Å². The summed E-state index contributed by atoms with van der Waals surface area (Å²) < 4.78 is 12.8. The van der Waals surface area contributed by atoms with E-state index in [0.29, 0.717) is 11.5 Å². The fourth-order valence-corrected chi connectivity index (χ4v) is 3.63. The molecule has 0 fully saturated rings. The van der Waals surface area contributed by atoms with Crippen molar-refractivity contribution in [3.63, 3.8) is 0 Å². The third-order valence-corrected chi connectivity index (χ3v) is 4.96. The van der Waals surface area contributed by atoms with Crippen LogP contribution in [0.2, 0.25) is 0 Å². The number of carbonyl (C=O) groups excluding carboxylic acids is 1. The summed E-state index contributed by atoms with van der Waals surface area (Å²) in [7, 11) is 0. The Labute approximate surface area is 163 Å². The zero-order valence-electron chi connectivity index (χ0n) is 13.8. The lowest BCUT2D eigenvalue weighted by molar-refractivity contribution is -0.136. The molecule has 3 aromatic carbocycles. The van der Waals surface area contributed by atoms with E-state index in [0.717, 1.165) is 30.8 Å². The average molecular weight is 464 g/mol. The van der Waals surface area contributed by atoms with E-state index in [1.165, 1.54) is 0 Å². The predicted molar refractivity (Wildman–Crippen MR) is 106 cm³/mol. The molecule has 3 aromatic rings. The lowest BCUT2D eigenvalue weighted by atomic mass is 10.1. The highest BCUT2D eigenvalue weighted by atomic mass is 79.9. The van der Waals surface area contributed by atoms with E-state index in [1.54, 1.807) is 0 Å². The molecule has 0 heterocycles. The predicted octanol–water partition coefficient (Wildman–Crippen LogP) is 5.97. The van der Waals surface area contributed by atoms with Crippen LogP contribution in [0.25, 0.3) is 10.8 Å². The first-order valence-electron chi connectivity index (χ1n) is 7.72. The highest BCUT2D eigenvalue weighted by Gasteiger charge is 2.11. The first kappa shape index (κ1) is 18.0. The molecule has 0 aliphatic carbocycles. The summed E-state index contributed by atoms with van der Waals surface area (Å²) >= 11 is 7.01. The maximum absolute atomic E-state index is 12.1. The van der Waals surface area contributed by atoms with Crippen LogP contribution < -0.4 is 9.47 Å². The quantitative estimate of drug-likeness (QED) is 0.353. The number of aryl methyl sites for hydroxylation is 2. The van der Waals surface area contributed by atoms with Crippen LogP contribution in [-0.2, 0) is 4.79 Å². The maximum Gasteiger partial charge on any atom is 0.349 e. The normalized spacial score (nSPS) is 10.7. The number of esters is 1. The third-order valence-electron chi connectivity index (χ3n) is 3.65. The van der Waals surface area contributed by atoms with Gasteiger partial charge in [-0.1, -0.05) is 34.1 Å². The van der Waals surface area contributed by atoms with Gasteiger partial charge >= 0.3 is 5.97 Å². The van der Waals surface area contributed by atoms with Gasteiger partial charge in [0.15, 0.2) is 6.61 Å². The monoisotopic (exact) mass is 462 g/mol. The second kappa shape index (κ2) is 7.58. The van der Waals surface area contributed by atoms with Crippen LogP contribution in [0.3, 0.4) is 0 Å². The third kappa shape index (κ3) is 4.41. The lowest BCUT2D eigenvalue weighted by Crippen LogP contribution is -2.18. The van der Waals surface area contributed by atoms with Crippen LogP contribution in [0.4, 0.5) is 0 Å². The minimum Gasteiger partial charge on any atom is -0.481 e. The molecule has 25 heavy (non-hydrogen) atoms. The summed E-state index contributed by atoms with van der Waals surface area (Å²) in [6.45, 7) is 3.77. The molecule has 0 aliphatic heterocycles. The van der Waals surface area contributed by atoms with Crippen molar-refractivity contribution in [2.75, 3.05) is 6.61 Å². The van der Waals surface area contributed by atoms with Gasteiger partial charge in [-0.25, -0.2) is 4.79 Å². The van der Waals surface area contributed by atoms with Gasteiger partial charge in [-0.3, -0.25) is 0 Å². The summed E-state index contributed by atoms with van der Waals surface area (Å²) in [5.41, 5.74) is 2.10. The molecule has 0 saturated heterocycles. The minimum absolute atomic E-state index is 0.159. The van der Waals surface area contributed by atoms with E-state index in [9.17, 15) is 4.79 Å². The van der Waals surface area contributed by atoms with Crippen molar-refractivity contribution in [1.82, 2.24) is 0 Å².